The van der Waals surface area contributed by atoms with Crippen molar-refractivity contribution in [2.45, 2.75) is 25.3 Å². The first-order valence-corrected chi connectivity index (χ1v) is 8.72. The van der Waals surface area contributed by atoms with Crippen LogP contribution in [0.3, 0.4) is 0 Å². The average molecular weight is 376 g/mol. The van der Waals surface area contributed by atoms with Gasteiger partial charge in [-0.05, 0) is 18.4 Å². The fourth-order valence-corrected chi connectivity index (χ4v) is 2.92. The molecule has 0 spiro atoms. The Hall–Kier alpha value is -3.10. The Morgan fingerprint density at radius 3 is 2.48 bits per heavy atom. The molecule has 0 bridgehead atoms. The lowest BCUT2D eigenvalue weighted by Crippen LogP contribution is -2.57. The zero-order valence-electron chi connectivity index (χ0n) is 15.0. The summed E-state index contributed by atoms with van der Waals surface area (Å²) < 4.78 is 0. The zero-order chi connectivity index (χ0) is 19.8. The molecule has 1 aromatic carbocycles. The third-order valence-corrected chi connectivity index (χ3v) is 4.31. The number of rotatable bonds is 8. The molecule has 1 fully saturated rings. The summed E-state index contributed by atoms with van der Waals surface area (Å²) in [5.41, 5.74) is 6.09. The van der Waals surface area contributed by atoms with Gasteiger partial charge in [0.1, 0.15) is 6.54 Å². The van der Waals surface area contributed by atoms with E-state index in [2.05, 4.69) is 5.32 Å². The van der Waals surface area contributed by atoms with E-state index in [1.165, 1.54) is 9.80 Å². The van der Waals surface area contributed by atoms with E-state index in [-0.39, 0.29) is 51.0 Å². The summed E-state index contributed by atoms with van der Waals surface area (Å²) in [5, 5.41) is 11.8. The van der Waals surface area contributed by atoms with Crippen molar-refractivity contribution in [3.8, 4) is 0 Å². The molecule has 1 aromatic rings. The molecule has 4 amide bonds. The van der Waals surface area contributed by atoms with Crippen LogP contribution in [0.2, 0.25) is 0 Å². The van der Waals surface area contributed by atoms with Crippen LogP contribution in [-0.4, -0.2) is 70.9 Å². The van der Waals surface area contributed by atoms with Crippen LogP contribution in [-0.2, 0) is 20.8 Å². The van der Waals surface area contributed by atoms with E-state index in [1.54, 1.807) is 0 Å². The number of nitrogens with zero attached hydrogens (tertiary/aromatic N) is 2. The quantitative estimate of drug-likeness (QED) is 0.578. The summed E-state index contributed by atoms with van der Waals surface area (Å²) in [4.78, 5) is 49.1. The molecule has 0 aliphatic carbocycles. The molecular weight excluding hydrogens is 352 g/mol. The highest BCUT2D eigenvalue weighted by Gasteiger charge is 2.29. The molecule has 1 heterocycles. The van der Waals surface area contributed by atoms with Gasteiger partial charge in [-0.2, -0.15) is 0 Å². The number of hydrogen-bond donors (Lipinski definition) is 3. The number of carboxylic acid groups (broad SMARTS) is 1. The van der Waals surface area contributed by atoms with Gasteiger partial charge in [-0.1, -0.05) is 30.3 Å². The Morgan fingerprint density at radius 1 is 1.19 bits per heavy atom. The second-order valence-corrected chi connectivity index (χ2v) is 6.47. The second-order valence-electron chi connectivity index (χ2n) is 6.47. The molecule has 1 atom stereocenters. The van der Waals surface area contributed by atoms with Gasteiger partial charge in [-0.25, -0.2) is 4.79 Å². The minimum Gasteiger partial charge on any atom is -0.481 e. The van der Waals surface area contributed by atoms with Crippen molar-refractivity contribution < 1.29 is 24.3 Å². The van der Waals surface area contributed by atoms with Crippen LogP contribution >= 0.6 is 0 Å². The molecular formula is C18H24N4O5. The van der Waals surface area contributed by atoms with Crippen LogP contribution in [0.15, 0.2) is 30.3 Å². The van der Waals surface area contributed by atoms with Gasteiger partial charge in [0.15, 0.2) is 0 Å². The van der Waals surface area contributed by atoms with Crippen molar-refractivity contribution in [3.05, 3.63) is 35.9 Å². The summed E-state index contributed by atoms with van der Waals surface area (Å²) in [6.45, 7) is 0.204. The SMILES string of the molecule is NC(=O)CN1CCN(C(=O)NC(CCC(=O)O)Cc2ccccc2)CC1=O. The highest BCUT2D eigenvalue weighted by Crippen LogP contribution is 2.10. The van der Waals surface area contributed by atoms with Crippen molar-refractivity contribution in [1.82, 2.24) is 15.1 Å². The highest BCUT2D eigenvalue weighted by molar-refractivity contribution is 5.88. The minimum atomic E-state index is -0.933. The number of hydrogen-bond acceptors (Lipinski definition) is 4. The molecule has 4 N–H and O–H groups in total. The number of amides is 4. The van der Waals surface area contributed by atoms with E-state index in [0.29, 0.717) is 6.42 Å². The molecule has 27 heavy (non-hydrogen) atoms. The Bertz CT molecular complexity index is 694. The number of urea groups is 1. The monoisotopic (exact) mass is 376 g/mol. The summed E-state index contributed by atoms with van der Waals surface area (Å²) in [6.07, 6.45) is 0.712. The van der Waals surface area contributed by atoms with Crippen molar-refractivity contribution in [2.75, 3.05) is 26.2 Å². The number of carbonyl (C=O) groups excluding carboxylic acids is 3. The number of benzene rings is 1. The first-order chi connectivity index (χ1) is 12.8. The van der Waals surface area contributed by atoms with Crippen LogP contribution in [0, 0.1) is 0 Å². The van der Waals surface area contributed by atoms with E-state index in [0.717, 1.165) is 5.56 Å². The third kappa shape index (κ3) is 6.61. The topological polar surface area (TPSA) is 133 Å². The molecule has 9 nitrogen and oxygen atoms in total. The molecule has 1 aliphatic heterocycles. The van der Waals surface area contributed by atoms with Gasteiger partial charge < -0.3 is 26.0 Å². The van der Waals surface area contributed by atoms with Crippen LogP contribution in [0.4, 0.5) is 4.79 Å². The van der Waals surface area contributed by atoms with E-state index in [9.17, 15) is 19.2 Å². The molecule has 0 aromatic heterocycles. The van der Waals surface area contributed by atoms with Crippen LogP contribution in [0.1, 0.15) is 18.4 Å². The lowest BCUT2D eigenvalue weighted by molar-refractivity contribution is -0.138. The zero-order valence-corrected chi connectivity index (χ0v) is 15.0. The maximum absolute atomic E-state index is 12.5. The fourth-order valence-electron chi connectivity index (χ4n) is 2.92. The predicted octanol–water partition coefficient (Wildman–Crippen LogP) is -0.198. The highest BCUT2D eigenvalue weighted by atomic mass is 16.4. The molecule has 2 rings (SSSR count). The number of carboxylic acids is 1. The number of nitrogens with two attached hydrogens (primary N) is 1. The number of piperazine rings is 1. The third-order valence-electron chi connectivity index (χ3n) is 4.31. The maximum atomic E-state index is 12.5. The first-order valence-electron chi connectivity index (χ1n) is 8.72. The smallest absolute Gasteiger partial charge is 0.318 e. The lowest BCUT2D eigenvalue weighted by Gasteiger charge is -2.34. The molecule has 1 saturated heterocycles. The molecule has 1 aliphatic rings. The first kappa shape index (κ1) is 20.2. The van der Waals surface area contributed by atoms with Gasteiger partial charge in [-0.15, -0.1) is 0 Å². The Labute approximate surface area is 157 Å². The lowest BCUT2D eigenvalue weighted by atomic mass is 10.0. The van der Waals surface area contributed by atoms with Gasteiger partial charge in [-0.3, -0.25) is 14.4 Å². The van der Waals surface area contributed by atoms with Gasteiger partial charge in [0.25, 0.3) is 0 Å². The van der Waals surface area contributed by atoms with Crippen molar-refractivity contribution in [2.24, 2.45) is 5.73 Å². The molecule has 1 unspecified atom stereocenters. The Morgan fingerprint density at radius 2 is 1.89 bits per heavy atom. The van der Waals surface area contributed by atoms with E-state index in [4.69, 9.17) is 10.8 Å². The predicted molar refractivity (Wildman–Crippen MR) is 96.7 cm³/mol. The van der Waals surface area contributed by atoms with Crippen molar-refractivity contribution in [3.63, 3.8) is 0 Å². The van der Waals surface area contributed by atoms with Crippen molar-refractivity contribution >= 4 is 23.8 Å². The normalized spacial score (nSPS) is 15.3. The fraction of sp³-hybridized carbons (Fsp3) is 0.444. The summed E-state index contributed by atoms with van der Waals surface area (Å²) in [6, 6.07) is 8.66. The summed E-state index contributed by atoms with van der Waals surface area (Å²) in [7, 11) is 0. The molecule has 9 heteroatoms. The van der Waals surface area contributed by atoms with Gasteiger partial charge in [0.2, 0.25) is 11.8 Å². The number of nitrogens with one attached hydrogen (secondary N) is 1. The standard InChI is InChI=1S/C18H24N4O5/c19-15(23)11-21-8-9-22(12-16(21)24)18(27)20-14(6-7-17(25)26)10-13-4-2-1-3-5-13/h1-5,14H,6-12H2,(H2,19,23)(H,20,27)(H,25,26). The molecule has 146 valence electrons. The van der Waals surface area contributed by atoms with Crippen LogP contribution in [0.25, 0.3) is 0 Å². The largest absolute Gasteiger partial charge is 0.481 e. The van der Waals surface area contributed by atoms with Gasteiger partial charge in [0, 0.05) is 25.6 Å². The number of primary amides is 1. The Balaban J connectivity index is 1.95. The molecule has 0 radical (unpaired) electrons. The van der Waals surface area contributed by atoms with Crippen molar-refractivity contribution in [1.29, 1.82) is 0 Å². The van der Waals surface area contributed by atoms with Crippen LogP contribution < -0.4 is 11.1 Å². The average Bonchev–Trinajstić information content (AvgIpc) is 2.61. The number of aliphatic carboxylic acids is 1. The van der Waals surface area contributed by atoms with Gasteiger partial charge in [0.05, 0.1) is 6.54 Å². The maximum Gasteiger partial charge on any atom is 0.318 e. The van der Waals surface area contributed by atoms with E-state index >= 15 is 0 Å². The van der Waals surface area contributed by atoms with Crippen LogP contribution in [0.5, 0.6) is 0 Å². The van der Waals surface area contributed by atoms with Gasteiger partial charge >= 0.3 is 12.0 Å². The summed E-state index contributed by atoms with van der Waals surface area (Å²) in [5.74, 6) is -1.88. The Kier molecular flexibility index (Phi) is 7.16. The van der Waals surface area contributed by atoms with E-state index < -0.39 is 17.9 Å². The van der Waals surface area contributed by atoms with E-state index in [1.807, 2.05) is 30.3 Å². The minimum absolute atomic E-state index is 0.0664. The summed E-state index contributed by atoms with van der Waals surface area (Å²) >= 11 is 0. The molecule has 0 saturated carbocycles. The number of carbonyl (C=O) groups is 4. The second kappa shape index (κ2) is 9.56.